The van der Waals surface area contributed by atoms with Crippen LogP contribution in [0.4, 0.5) is 5.69 Å². The smallest absolute Gasteiger partial charge is 0.0344 e. The van der Waals surface area contributed by atoms with Crippen molar-refractivity contribution < 1.29 is 0 Å². The Hall–Kier alpha value is -0.600. The highest BCUT2D eigenvalue weighted by molar-refractivity contribution is 7.99. The predicted octanol–water partition coefficient (Wildman–Crippen LogP) is 3.81. The molecule has 0 aliphatic rings. The zero-order valence-corrected chi connectivity index (χ0v) is 9.95. The average Bonchev–Trinajstić information content (AvgIpc) is 2.19. The quantitative estimate of drug-likeness (QED) is 0.628. The minimum Gasteiger partial charge on any atom is -0.399 e. The summed E-state index contributed by atoms with van der Waals surface area (Å²) in [6.45, 7) is 4.04. The molecule has 0 fully saturated rings. The van der Waals surface area contributed by atoms with Crippen LogP contribution in [0.2, 0.25) is 0 Å². The molecule has 0 aromatic heterocycles. The van der Waals surface area contributed by atoms with E-state index in [1.54, 1.807) is 17.3 Å². The maximum Gasteiger partial charge on any atom is 0.0344 e. The van der Waals surface area contributed by atoms with Gasteiger partial charge in [-0.1, -0.05) is 17.2 Å². The third-order valence-corrected chi connectivity index (χ3v) is 3.45. The summed E-state index contributed by atoms with van der Waals surface area (Å²) in [6.07, 6.45) is 0. The van der Waals surface area contributed by atoms with E-state index in [2.05, 4.69) is 6.07 Å². The number of hydrogen-bond acceptors (Lipinski definition) is 2. The molecule has 1 aromatic carbocycles. The van der Waals surface area contributed by atoms with Crippen LogP contribution >= 0.6 is 23.4 Å². The number of thioether (sulfide) groups is 1. The average molecular weight is 228 g/mol. The van der Waals surface area contributed by atoms with Crippen molar-refractivity contribution in [2.75, 3.05) is 11.5 Å². The van der Waals surface area contributed by atoms with Gasteiger partial charge in [0.1, 0.15) is 0 Å². The molecule has 1 aromatic rings. The van der Waals surface area contributed by atoms with E-state index in [-0.39, 0.29) is 0 Å². The standard InChI is InChI=1S/C11H14ClNS/c1-8(6-12)7-14-10-3-4-11(13)9(2)5-10/h3-6H,7,13H2,1-2H3/b8-6-. The third-order valence-electron chi connectivity index (χ3n) is 1.89. The Morgan fingerprint density at radius 3 is 2.86 bits per heavy atom. The molecule has 2 N–H and O–H groups in total. The molecule has 0 spiro atoms. The SMILES string of the molecule is C/C(=C/Cl)CSc1ccc(N)c(C)c1. The van der Waals surface area contributed by atoms with Crippen molar-refractivity contribution in [3.63, 3.8) is 0 Å². The van der Waals surface area contributed by atoms with Crippen molar-refractivity contribution in [2.24, 2.45) is 0 Å². The molecule has 0 bridgehead atoms. The molecule has 0 aliphatic heterocycles. The van der Waals surface area contributed by atoms with Gasteiger partial charge in [0.2, 0.25) is 0 Å². The lowest BCUT2D eigenvalue weighted by molar-refractivity contribution is 1.35. The fraction of sp³-hybridized carbons (Fsp3) is 0.273. The molecular formula is C11H14ClNS. The first-order valence-electron chi connectivity index (χ1n) is 4.38. The normalized spacial score (nSPS) is 11.8. The Labute approximate surface area is 94.3 Å². The predicted molar refractivity (Wildman–Crippen MR) is 65.9 cm³/mol. The number of nitrogens with two attached hydrogens (primary N) is 1. The van der Waals surface area contributed by atoms with Crippen LogP contribution in [-0.2, 0) is 0 Å². The lowest BCUT2D eigenvalue weighted by Crippen LogP contribution is -1.89. The first-order valence-corrected chi connectivity index (χ1v) is 5.80. The highest BCUT2D eigenvalue weighted by Crippen LogP contribution is 2.24. The lowest BCUT2D eigenvalue weighted by atomic mass is 10.2. The molecule has 3 heteroatoms. The van der Waals surface area contributed by atoms with Crippen molar-refractivity contribution in [1.82, 2.24) is 0 Å². The molecule has 0 unspecified atom stereocenters. The van der Waals surface area contributed by atoms with Crippen molar-refractivity contribution >= 4 is 29.1 Å². The summed E-state index contributed by atoms with van der Waals surface area (Å²) in [4.78, 5) is 1.23. The first kappa shape index (κ1) is 11.5. The number of rotatable bonds is 3. The highest BCUT2D eigenvalue weighted by atomic mass is 35.5. The molecule has 1 rings (SSSR count). The minimum absolute atomic E-state index is 0.846. The summed E-state index contributed by atoms with van der Waals surface area (Å²) < 4.78 is 0. The van der Waals surface area contributed by atoms with Gasteiger partial charge < -0.3 is 5.73 Å². The fourth-order valence-electron chi connectivity index (χ4n) is 0.967. The van der Waals surface area contributed by atoms with Gasteiger partial charge in [0.25, 0.3) is 0 Å². The van der Waals surface area contributed by atoms with E-state index in [1.165, 1.54) is 10.5 Å². The van der Waals surface area contributed by atoms with Crippen LogP contribution in [0.1, 0.15) is 12.5 Å². The summed E-state index contributed by atoms with van der Waals surface area (Å²) in [5, 5.41) is 0. The number of hydrogen-bond donors (Lipinski definition) is 1. The van der Waals surface area contributed by atoms with E-state index in [9.17, 15) is 0 Å². The van der Waals surface area contributed by atoms with Crippen molar-refractivity contribution in [1.29, 1.82) is 0 Å². The van der Waals surface area contributed by atoms with E-state index in [4.69, 9.17) is 17.3 Å². The summed E-state index contributed by atoms with van der Waals surface area (Å²) in [6, 6.07) is 6.08. The topological polar surface area (TPSA) is 26.0 Å². The maximum atomic E-state index is 5.73. The Balaban J connectivity index is 2.64. The number of aryl methyl sites for hydroxylation is 1. The van der Waals surface area contributed by atoms with E-state index < -0.39 is 0 Å². The van der Waals surface area contributed by atoms with Crippen LogP contribution in [0, 0.1) is 6.92 Å². The van der Waals surface area contributed by atoms with Crippen molar-refractivity contribution in [3.8, 4) is 0 Å². The Kier molecular flexibility index (Phi) is 4.36. The first-order chi connectivity index (χ1) is 6.63. The Morgan fingerprint density at radius 1 is 1.57 bits per heavy atom. The lowest BCUT2D eigenvalue weighted by Gasteiger charge is -2.04. The number of anilines is 1. The molecular weight excluding hydrogens is 214 g/mol. The monoisotopic (exact) mass is 227 g/mol. The van der Waals surface area contributed by atoms with Crippen LogP contribution in [0.3, 0.4) is 0 Å². The van der Waals surface area contributed by atoms with Gasteiger partial charge in [-0.2, -0.15) is 0 Å². The minimum atomic E-state index is 0.846. The van der Waals surface area contributed by atoms with Gasteiger partial charge in [0.05, 0.1) is 0 Å². The highest BCUT2D eigenvalue weighted by Gasteiger charge is 1.98. The summed E-state index contributed by atoms with van der Waals surface area (Å²) >= 11 is 7.35. The number of nitrogen functional groups attached to an aromatic ring is 1. The van der Waals surface area contributed by atoms with E-state index in [1.807, 2.05) is 26.0 Å². The van der Waals surface area contributed by atoms with E-state index >= 15 is 0 Å². The summed E-state index contributed by atoms with van der Waals surface area (Å²) in [5.74, 6) is 0.923. The molecule has 0 saturated carbocycles. The molecule has 0 amide bonds. The second-order valence-electron chi connectivity index (χ2n) is 3.26. The molecule has 0 atom stereocenters. The van der Waals surface area contributed by atoms with Crippen molar-refractivity contribution in [3.05, 3.63) is 34.9 Å². The van der Waals surface area contributed by atoms with E-state index in [0.29, 0.717) is 0 Å². The molecule has 0 radical (unpaired) electrons. The second-order valence-corrected chi connectivity index (χ2v) is 4.53. The Morgan fingerprint density at radius 2 is 2.29 bits per heavy atom. The van der Waals surface area contributed by atoms with Crippen LogP contribution in [0.15, 0.2) is 34.2 Å². The van der Waals surface area contributed by atoms with Gasteiger partial charge >= 0.3 is 0 Å². The maximum absolute atomic E-state index is 5.73. The van der Waals surface area contributed by atoms with Gasteiger partial charge in [-0.15, -0.1) is 11.8 Å². The second kappa shape index (κ2) is 5.32. The van der Waals surface area contributed by atoms with E-state index in [0.717, 1.165) is 17.0 Å². The molecule has 0 saturated heterocycles. The molecule has 0 heterocycles. The van der Waals surface area contributed by atoms with Gasteiger partial charge in [-0.05, 0) is 37.6 Å². The zero-order chi connectivity index (χ0) is 10.6. The number of benzene rings is 1. The van der Waals surface area contributed by atoms with Gasteiger partial charge in [0, 0.05) is 21.9 Å². The van der Waals surface area contributed by atoms with Gasteiger partial charge in [-0.3, -0.25) is 0 Å². The van der Waals surface area contributed by atoms with Crippen LogP contribution < -0.4 is 5.73 Å². The summed E-state index contributed by atoms with van der Waals surface area (Å²) in [5.41, 5.74) is 10.5. The van der Waals surface area contributed by atoms with Crippen LogP contribution in [0.25, 0.3) is 0 Å². The van der Waals surface area contributed by atoms with Crippen molar-refractivity contribution in [2.45, 2.75) is 18.7 Å². The molecule has 14 heavy (non-hydrogen) atoms. The fourth-order valence-corrected chi connectivity index (χ4v) is 2.04. The zero-order valence-electron chi connectivity index (χ0n) is 8.38. The number of halogens is 1. The van der Waals surface area contributed by atoms with Crippen LogP contribution in [-0.4, -0.2) is 5.75 Å². The van der Waals surface area contributed by atoms with Crippen LogP contribution in [0.5, 0.6) is 0 Å². The third kappa shape index (κ3) is 3.28. The van der Waals surface area contributed by atoms with Gasteiger partial charge in [0.15, 0.2) is 0 Å². The molecule has 1 nitrogen and oxygen atoms in total. The largest absolute Gasteiger partial charge is 0.399 e. The Bertz CT molecular complexity index is 347. The molecule has 76 valence electrons. The summed E-state index contributed by atoms with van der Waals surface area (Å²) in [7, 11) is 0. The molecule has 0 aliphatic carbocycles. The van der Waals surface area contributed by atoms with Gasteiger partial charge in [-0.25, -0.2) is 0 Å².